The van der Waals surface area contributed by atoms with Gasteiger partial charge in [-0.25, -0.2) is 4.39 Å². The predicted molar refractivity (Wildman–Crippen MR) is 107 cm³/mol. The van der Waals surface area contributed by atoms with Crippen molar-refractivity contribution in [3.63, 3.8) is 0 Å². The van der Waals surface area contributed by atoms with E-state index in [0.717, 1.165) is 18.5 Å². The lowest BCUT2D eigenvalue weighted by atomic mass is 9.89. The Morgan fingerprint density at radius 3 is 2.71 bits per heavy atom. The average molecular weight is 383 g/mol. The number of aryl methyl sites for hydroxylation is 1. The van der Waals surface area contributed by atoms with Gasteiger partial charge in [0.2, 0.25) is 5.56 Å². The van der Waals surface area contributed by atoms with Crippen LogP contribution in [-0.4, -0.2) is 40.0 Å². The van der Waals surface area contributed by atoms with Crippen LogP contribution in [0.15, 0.2) is 47.4 Å². The number of piperidine rings is 1. The number of carbonyl (C=O) groups is 1. The first-order chi connectivity index (χ1) is 13.3. The number of hydrogen-bond acceptors (Lipinski definition) is 3. The monoisotopic (exact) mass is 383 g/mol. The van der Waals surface area contributed by atoms with Crippen molar-refractivity contribution in [2.75, 3.05) is 18.0 Å². The Bertz CT molecular complexity index is 968. The van der Waals surface area contributed by atoms with E-state index in [2.05, 4.69) is 18.7 Å². The third-order valence-electron chi connectivity index (χ3n) is 6.15. The van der Waals surface area contributed by atoms with Gasteiger partial charge in [0.1, 0.15) is 5.82 Å². The standard InChI is InChI=1S/C22H26FN3O2/c1-22(2)12-16-14-25(21(28)15-7-8-20(27)24(3)13-15)10-9-19(16)26(22)18-6-4-5-17(23)11-18/h4-8,11,13,16,19H,9-10,12,14H2,1-3H3/t16-,19+/m1/s1. The number of pyridine rings is 1. The molecule has 4 rings (SSSR count). The van der Waals surface area contributed by atoms with Crippen LogP contribution in [-0.2, 0) is 7.05 Å². The summed E-state index contributed by atoms with van der Waals surface area (Å²) in [5.41, 5.74) is 1.23. The fraction of sp³-hybridized carbons (Fsp3) is 0.455. The fourth-order valence-electron chi connectivity index (χ4n) is 5.00. The first-order valence-corrected chi connectivity index (χ1v) is 9.77. The maximum Gasteiger partial charge on any atom is 0.255 e. The van der Waals surface area contributed by atoms with Crippen molar-refractivity contribution in [3.8, 4) is 0 Å². The molecule has 28 heavy (non-hydrogen) atoms. The van der Waals surface area contributed by atoms with Crippen LogP contribution in [0.4, 0.5) is 10.1 Å². The average Bonchev–Trinajstić information content (AvgIpc) is 2.92. The summed E-state index contributed by atoms with van der Waals surface area (Å²) in [6, 6.07) is 10.1. The minimum atomic E-state index is -0.223. The molecule has 0 spiro atoms. The molecule has 3 heterocycles. The highest BCUT2D eigenvalue weighted by molar-refractivity contribution is 5.94. The minimum absolute atomic E-state index is 0.0314. The summed E-state index contributed by atoms with van der Waals surface area (Å²) in [5, 5.41) is 0. The zero-order valence-corrected chi connectivity index (χ0v) is 16.6. The van der Waals surface area contributed by atoms with E-state index in [1.165, 1.54) is 16.7 Å². The van der Waals surface area contributed by atoms with Crippen LogP contribution in [0.3, 0.4) is 0 Å². The Morgan fingerprint density at radius 2 is 2.00 bits per heavy atom. The topological polar surface area (TPSA) is 45.6 Å². The molecule has 0 radical (unpaired) electrons. The van der Waals surface area contributed by atoms with E-state index >= 15 is 0 Å². The lowest BCUT2D eigenvalue weighted by molar-refractivity contribution is 0.0666. The van der Waals surface area contributed by atoms with Crippen LogP contribution in [0, 0.1) is 11.7 Å². The van der Waals surface area contributed by atoms with Crippen molar-refractivity contribution in [2.45, 2.75) is 38.3 Å². The van der Waals surface area contributed by atoms with Gasteiger partial charge in [-0.3, -0.25) is 9.59 Å². The van der Waals surface area contributed by atoms with Crippen LogP contribution in [0.5, 0.6) is 0 Å². The number of hydrogen-bond donors (Lipinski definition) is 0. The number of carbonyl (C=O) groups excluding carboxylic acids is 1. The molecule has 0 bridgehead atoms. The Labute approximate surface area is 164 Å². The highest BCUT2D eigenvalue weighted by Crippen LogP contribution is 2.44. The van der Waals surface area contributed by atoms with Crippen molar-refractivity contribution < 1.29 is 9.18 Å². The maximum atomic E-state index is 13.8. The van der Waals surface area contributed by atoms with E-state index in [1.807, 2.05) is 11.0 Å². The molecule has 0 N–H and O–H groups in total. The van der Waals surface area contributed by atoms with Crippen molar-refractivity contribution in [1.82, 2.24) is 9.47 Å². The summed E-state index contributed by atoms with van der Waals surface area (Å²) >= 11 is 0. The van der Waals surface area contributed by atoms with Crippen LogP contribution in [0.2, 0.25) is 0 Å². The highest BCUT2D eigenvalue weighted by atomic mass is 19.1. The summed E-state index contributed by atoms with van der Waals surface area (Å²) in [6.07, 6.45) is 3.40. The third-order valence-corrected chi connectivity index (χ3v) is 6.15. The molecule has 2 aliphatic rings. The summed E-state index contributed by atoms with van der Waals surface area (Å²) in [4.78, 5) is 28.8. The van der Waals surface area contributed by atoms with Gasteiger partial charge in [0.15, 0.2) is 0 Å². The predicted octanol–water partition coefficient (Wildman–Crippen LogP) is 3.04. The number of halogens is 1. The fourth-order valence-corrected chi connectivity index (χ4v) is 5.00. The quantitative estimate of drug-likeness (QED) is 0.801. The van der Waals surface area contributed by atoms with Crippen LogP contribution in [0.25, 0.3) is 0 Å². The van der Waals surface area contributed by atoms with Crippen LogP contribution < -0.4 is 10.5 Å². The van der Waals surface area contributed by atoms with Gasteiger partial charge in [-0.1, -0.05) is 6.07 Å². The molecular formula is C22H26FN3O2. The Balaban J connectivity index is 1.56. The molecule has 1 amide bonds. The largest absolute Gasteiger partial charge is 0.363 e. The third kappa shape index (κ3) is 3.21. The normalized spacial score (nSPS) is 23.6. The van der Waals surface area contributed by atoms with Gasteiger partial charge in [-0.15, -0.1) is 0 Å². The number of fused-ring (bicyclic) bond motifs is 1. The van der Waals surface area contributed by atoms with Gasteiger partial charge in [-0.05, 0) is 56.9 Å². The molecule has 2 saturated heterocycles. The van der Waals surface area contributed by atoms with Crippen molar-refractivity contribution in [3.05, 3.63) is 64.3 Å². The van der Waals surface area contributed by atoms with E-state index in [4.69, 9.17) is 0 Å². The second-order valence-electron chi connectivity index (χ2n) is 8.60. The SMILES string of the molecule is Cn1cc(C(=O)N2CC[C@H]3[C@@H](C2)CC(C)(C)N3c2cccc(F)c2)ccc1=O. The zero-order valence-electron chi connectivity index (χ0n) is 16.6. The lowest BCUT2D eigenvalue weighted by Crippen LogP contribution is -2.50. The summed E-state index contributed by atoms with van der Waals surface area (Å²) < 4.78 is 15.2. The molecule has 148 valence electrons. The van der Waals surface area contributed by atoms with Gasteiger partial charge >= 0.3 is 0 Å². The molecule has 2 fully saturated rings. The van der Waals surface area contributed by atoms with Crippen LogP contribution >= 0.6 is 0 Å². The first kappa shape index (κ1) is 18.7. The van der Waals surface area contributed by atoms with Crippen LogP contribution in [0.1, 0.15) is 37.0 Å². The lowest BCUT2D eigenvalue weighted by Gasteiger charge is -2.42. The minimum Gasteiger partial charge on any atom is -0.363 e. The number of benzene rings is 1. The molecule has 0 unspecified atom stereocenters. The smallest absolute Gasteiger partial charge is 0.255 e. The summed E-state index contributed by atoms with van der Waals surface area (Å²) in [5.74, 6) is 0.0821. The van der Waals surface area contributed by atoms with Gasteiger partial charge in [-0.2, -0.15) is 0 Å². The molecule has 0 saturated carbocycles. The van der Waals surface area contributed by atoms with Gasteiger partial charge < -0.3 is 14.4 Å². The van der Waals surface area contributed by atoms with Gasteiger partial charge in [0, 0.05) is 49.7 Å². The number of aromatic nitrogens is 1. The van der Waals surface area contributed by atoms with Crippen molar-refractivity contribution in [1.29, 1.82) is 0 Å². The molecule has 1 aromatic carbocycles. The van der Waals surface area contributed by atoms with Gasteiger partial charge in [0.05, 0.1) is 5.56 Å². The number of amides is 1. The molecule has 5 nitrogen and oxygen atoms in total. The van der Waals surface area contributed by atoms with E-state index in [-0.39, 0.29) is 22.8 Å². The molecule has 2 atom stereocenters. The number of anilines is 1. The van der Waals surface area contributed by atoms with Crippen molar-refractivity contribution in [2.24, 2.45) is 13.0 Å². The molecule has 2 aromatic rings. The Hall–Kier alpha value is -2.63. The van der Waals surface area contributed by atoms with Crippen molar-refractivity contribution >= 4 is 11.6 Å². The zero-order chi connectivity index (χ0) is 20.1. The highest BCUT2D eigenvalue weighted by Gasteiger charge is 2.48. The van der Waals surface area contributed by atoms with E-state index < -0.39 is 0 Å². The molecular weight excluding hydrogens is 357 g/mol. The Morgan fingerprint density at radius 1 is 1.21 bits per heavy atom. The molecule has 1 aromatic heterocycles. The number of rotatable bonds is 2. The first-order valence-electron chi connectivity index (χ1n) is 9.77. The van der Waals surface area contributed by atoms with E-state index in [1.54, 1.807) is 31.4 Å². The second kappa shape index (κ2) is 6.76. The Kier molecular flexibility index (Phi) is 4.52. The molecule has 6 heteroatoms. The van der Waals surface area contributed by atoms with Gasteiger partial charge in [0.25, 0.3) is 5.91 Å². The van der Waals surface area contributed by atoms with E-state index in [0.29, 0.717) is 30.6 Å². The number of likely N-dealkylation sites (tertiary alicyclic amines) is 1. The van der Waals surface area contributed by atoms with E-state index in [9.17, 15) is 14.0 Å². The number of nitrogens with zero attached hydrogens (tertiary/aromatic N) is 3. The summed E-state index contributed by atoms with van der Waals surface area (Å²) in [7, 11) is 1.65. The molecule has 2 aliphatic heterocycles. The summed E-state index contributed by atoms with van der Waals surface area (Å²) in [6.45, 7) is 5.72. The maximum absolute atomic E-state index is 13.8. The second-order valence-corrected chi connectivity index (χ2v) is 8.60. The molecule has 0 aliphatic carbocycles.